The van der Waals surface area contributed by atoms with Gasteiger partial charge in [0, 0.05) is 12.1 Å². The Morgan fingerprint density at radius 3 is 2.39 bits per heavy atom. The second-order valence-corrected chi connectivity index (χ2v) is 7.07. The van der Waals surface area contributed by atoms with Gasteiger partial charge in [0.25, 0.3) is 11.8 Å². The van der Waals surface area contributed by atoms with E-state index in [1.807, 2.05) is 6.92 Å². The van der Waals surface area contributed by atoms with E-state index in [2.05, 4.69) is 10.6 Å². The molecule has 8 heteroatoms. The highest BCUT2D eigenvalue weighted by Crippen LogP contribution is 2.34. The van der Waals surface area contributed by atoms with E-state index in [1.54, 1.807) is 13.8 Å². The lowest BCUT2D eigenvalue weighted by molar-refractivity contribution is 0.0527. The Balaban J connectivity index is 2.33. The van der Waals surface area contributed by atoms with Crippen molar-refractivity contribution in [2.75, 3.05) is 18.5 Å². The highest BCUT2D eigenvalue weighted by Gasteiger charge is 2.26. The van der Waals surface area contributed by atoms with Crippen LogP contribution in [0, 0.1) is 12.7 Å². The van der Waals surface area contributed by atoms with Gasteiger partial charge in [-0.25, -0.2) is 9.18 Å². The molecular formula is C20H23FN2O4S. The first-order chi connectivity index (χ1) is 13.4. The summed E-state index contributed by atoms with van der Waals surface area (Å²) < 4.78 is 18.1. The molecule has 0 radical (unpaired) electrons. The van der Waals surface area contributed by atoms with Gasteiger partial charge in [-0.2, -0.15) is 0 Å². The van der Waals surface area contributed by atoms with Gasteiger partial charge in [0.15, 0.2) is 0 Å². The van der Waals surface area contributed by atoms with Crippen molar-refractivity contribution >= 4 is 34.1 Å². The smallest absolute Gasteiger partial charge is 0.341 e. The van der Waals surface area contributed by atoms with E-state index in [9.17, 15) is 18.8 Å². The van der Waals surface area contributed by atoms with Crippen LogP contribution in [0.15, 0.2) is 24.3 Å². The number of carbonyl (C=O) groups is 3. The molecule has 0 aliphatic rings. The number of thiophene rings is 1. The van der Waals surface area contributed by atoms with Crippen molar-refractivity contribution < 1.29 is 23.5 Å². The summed E-state index contributed by atoms with van der Waals surface area (Å²) >= 11 is 1.01. The number of benzene rings is 1. The van der Waals surface area contributed by atoms with Crippen molar-refractivity contribution in [1.29, 1.82) is 0 Å². The Morgan fingerprint density at radius 1 is 1.11 bits per heavy atom. The van der Waals surface area contributed by atoms with Crippen LogP contribution in [-0.2, 0) is 4.74 Å². The molecule has 0 fully saturated rings. The SMILES string of the molecule is CCCCNC(=O)c1sc(NC(=O)c2ccc(F)cc2)c(C(=O)OCC)c1C. The molecule has 6 nitrogen and oxygen atoms in total. The summed E-state index contributed by atoms with van der Waals surface area (Å²) in [6, 6.07) is 5.03. The Hall–Kier alpha value is -2.74. The summed E-state index contributed by atoms with van der Waals surface area (Å²) in [6.07, 6.45) is 1.78. The number of carbonyl (C=O) groups excluding carboxylic acids is 3. The lowest BCUT2D eigenvalue weighted by Crippen LogP contribution is -2.24. The Bertz CT molecular complexity index is 862. The average molecular weight is 406 g/mol. The van der Waals surface area contributed by atoms with Crippen molar-refractivity contribution in [3.63, 3.8) is 0 Å². The first kappa shape index (κ1) is 21.6. The number of anilines is 1. The van der Waals surface area contributed by atoms with E-state index in [0.29, 0.717) is 17.0 Å². The molecule has 150 valence electrons. The second-order valence-electron chi connectivity index (χ2n) is 6.05. The predicted octanol–water partition coefficient (Wildman–Crippen LogP) is 4.15. The number of unbranched alkanes of at least 4 members (excludes halogenated alkanes) is 1. The minimum Gasteiger partial charge on any atom is -0.462 e. The third-order valence-corrected chi connectivity index (χ3v) is 5.19. The molecule has 1 aromatic heterocycles. The van der Waals surface area contributed by atoms with Crippen molar-refractivity contribution in [3.05, 3.63) is 51.7 Å². The Morgan fingerprint density at radius 2 is 1.79 bits per heavy atom. The lowest BCUT2D eigenvalue weighted by Gasteiger charge is -2.07. The minimum absolute atomic E-state index is 0.156. The van der Waals surface area contributed by atoms with Gasteiger partial charge >= 0.3 is 5.97 Å². The standard InChI is InChI=1S/C20H23FN2O4S/c1-4-6-11-22-18(25)16-12(3)15(20(26)27-5-2)19(28-16)23-17(24)13-7-9-14(21)10-8-13/h7-10H,4-6,11H2,1-3H3,(H,22,25)(H,23,24). The molecule has 2 aromatic rings. The van der Waals surface area contributed by atoms with Gasteiger partial charge in [0.05, 0.1) is 17.0 Å². The van der Waals surface area contributed by atoms with E-state index in [1.165, 1.54) is 24.3 Å². The van der Waals surface area contributed by atoms with E-state index in [-0.39, 0.29) is 28.6 Å². The highest BCUT2D eigenvalue weighted by atomic mass is 32.1. The van der Waals surface area contributed by atoms with Crippen LogP contribution in [0.3, 0.4) is 0 Å². The largest absolute Gasteiger partial charge is 0.462 e. The van der Waals surface area contributed by atoms with Gasteiger partial charge in [-0.05, 0) is 50.1 Å². The van der Waals surface area contributed by atoms with E-state index in [0.717, 1.165) is 24.2 Å². The molecule has 2 N–H and O–H groups in total. The second kappa shape index (κ2) is 9.98. The molecule has 1 aromatic carbocycles. The van der Waals surface area contributed by atoms with E-state index in [4.69, 9.17) is 4.74 Å². The molecular weight excluding hydrogens is 383 g/mol. The lowest BCUT2D eigenvalue weighted by atomic mass is 10.1. The van der Waals surface area contributed by atoms with E-state index < -0.39 is 17.7 Å². The zero-order valence-corrected chi connectivity index (χ0v) is 16.9. The van der Waals surface area contributed by atoms with E-state index >= 15 is 0 Å². The van der Waals surface area contributed by atoms with Crippen LogP contribution >= 0.6 is 11.3 Å². The van der Waals surface area contributed by atoms with Crippen molar-refractivity contribution in [2.45, 2.75) is 33.6 Å². The van der Waals surface area contributed by atoms with Gasteiger partial charge in [-0.1, -0.05) is 13.3 Å². The molecule has 0 saturated heterocycles. The molecule has 0 bridgehead atoms. The fourth-order valence-electron chi connectivity index (χ4n) is 2.50. The van der Waals surface area contributed by atoms with Gasteiger partial charge < -0.3 is 15.4 Å². The monoisotopic (exact) mass is 406 g/mol. The summed E-state index contributed by atoms with van der Waals surface area (Å²) in [5.41, 5.74) is 0.839. The number of hydrogen-bond donors (Lipinski definition) is 2. The number of ether oxygens (including phenoxy) is 1. The zero-order valence-electron chi connectivity index (χ0n) is 16.1. The molecule has 0 aliphatic carbocycles. The van der Waals surface area contributed by atoms with Crippen LogP contribution in [0.1, 0.15) is 62.6 Å². The minimum atomic E-state index is -0.613. The van der Waals surface area contributed by atoms with Gasteiger partial charge in [-0.15, -0.1) is 11.3 Å². The summed E-state index contributed by atoms with van der Waals surface area (Å²) in [5.74, 6) is -1.88. The molecule has 0 saturated carbocycles. The molecule has 0 spiro atoms. The zero-order chi connectivity index (χ0) is 20.7. The number of nitrogens with one attached hydrogen (secondary N) is 2. The maximum atomic E-state index is 13.1. The molecule has 28 heavy (non-hydrogen) atoms. The first-order valence-electron chi connectivity index (χ1n) is 9.04. The van der Waals surface area contributed by atoms with Crippen LogP contribution in [0.25, 0.3) is 0 Å². The maximum absolute atomic E-state index is 13.1. The van der Waals surface area contributed by atoms with Crippen LogP contribution < -0.4 is 10.6 Å². The number of rotatable bonds is 8. The summed E-state index contributed by atoms with van der Waals surface area (Å²) in [6.45, 7) is 6.03. The number of halogens is 1. The van der Waals surface area contributed by atoms with Crippen molar-refractivity contribution in [2.24, 2.45) is 0 Å². The average Bonchev–Trinajstić information content (AvgIpc) is 2.98. The van der Waals surface area contributed by atoms with Crippen LogP contribution in [0.2, 0.25) is 0 Å². The van der Waals surface area contributed by atoms with Crippen molar-refractivity contribution in [3.8, 4) is 0 Å². The normalized spacial score (nSPS) is 10.4. The molecule has 0 atom stereocenters. The fourth-order valence-corrected chi connectivity index (χ4v) is 3.61. The molecule has 0 aliphatic heterocycles. The van der Waals surface area contributed by atoms with Crippen LogP contribution in [0.5, 0.6) is 0 Å². The molecule has 0 unspecified atom stereocenters. The predicted molar refractivity (Wildman–Crippen MR) is 107 cm³/mol. The topological polar surface area (TPSA) is 84.5 Å². The number of amides is 2. The Kier molecular flexibility index (Phi) is 7.69. The Labute approximate surface area is 167 Å². The van der Waals surface area contributed by atoms with Gasteiger partial charge in [0.2, 0.25) is 0 Å². The molecule has 2 rings (SSSR count). The quantitative estimate of drug-likeness (QED) is 0.509. The van der Waals surface area contributed by atoms with Gasteiger partial charge in [0.1, 0.15) is 10.8 Å². The third kappa shape index (κ3) is 5.16. The fraction of sp³-hybridized carbons (Fsp3) is 0.350. The van der Waals surface area contributed by atoms with Crippen LogP contribution in [-0.4, -0.2) is 30.9 Å². The van der Waals surface area contributed by atoms with Gasteiger partial charge in [-0.3, -0.25) is 9.59 Å². The summed E-state index contributed by atoms with van der Waals surface area (Å²) in [7, 11) is 0. The summed E-state index contributed by atoms with van der Waals surface area (Å²) in [4.78, 5) is 37.7. The van der Waals surface area contributed by atoms with Crippen LogP contribution in [0.4, 0.5) is 9.39 Å². The molecule has 1 heterocycles. The molecule has 2 amide bonds. The number of esters is 1. The van der Waals surface area contributed by atoms with Crippen molar-refractivity contribution in [1.82, 2.24) is 5.32 Å². The summed E-state index contributed by atoms with van der Waals surface area (Å²) in [5, 5.41) is 5.68. The third-order valence-electron chi connectivity index (χ3n) is 3.98. The first-order valence-corrected chi connectivity index (χ1v) is 9.86. The maximum Gasteiger partial charge on any atom is 0.341 e. The number of hydrogen-bond acceptors (Lipinski definition) is 5. The highest BCUT2D eigenvalue weighted by molar-refractivity contribution is 7.18.